The standard InChI is InChI=1S/C16H18N2O2S/c1-10(2)9-15(20)18-16(21)17-13-7-3-6-12-11(13)5-4-8-14(12)19/h3-8,10,19H,9H2,1-2H3,(H2,17,18,20,21). The molecule has 0 aromatic heterocycles. The van der Waals surface area contributed by atoms with Crippen LogP contribution in [0.25, 0.3) is 10.8 Å². The number of phenolic OH excluding ortho intramolecular Hbond substituents is 1. The van der Waals surface area contributed by atoms with E-state index in [9.17, 15) is 9.90 Å². The second kappa shape index (κ2) is 6.54. The Labute approximate surface area is 129 Å². The van der Waals surface area contributed by atoms with Crippen molar-refractivity contribution in [1.29, 1.82) is 0 Å². The lowest BCUT2D eigenvalue weighted by molar-refractivity contribution is -0.120. The van der Waals surface area contributed by atoms with E-state index < -0.39 is 0 Å². The number of hydrogen-bond acceptors (Lipinski definition) is 3. The molecule has 0 aliphatic rings. The van der Waals surface area contributed by atoms with E-state index in [1.807, 2.05) is 38.1 Å². The number of aromatic hydroxyl groups is 1. The van der Waals surface area contributed by atoms with E-state index in [0.29, 0.717) is 6.42 Å². The fraction of sp³-hybridized carbons (Fsp3) is 0.250. The normalized spacial score (nSPS) is 10.6. The van der Waals surface area contributed by atoms with Crippen molar-refractivity contribution in [1.82, 2.24) is 5.32 Å². The molecule has 21 heavy (non-hydrogen) atoms. The number of rotatable bonds is 3. The van der Waals surface area contributed by atoms with Crippen molar-refractivity contribution in [3.8, 4) is 5.75 Å². The van der Waals surface area contributed by atoms with Gasteiger partial charge in [0, 0.05) is 22.9 Å². The second-order valence-electron chi connectivity index (χ2n) is 5.28. The largest absolute Gasteiger partial charge is 0.507 e. The highest BCUT2D eigenvalue weighted by Gasteiger charge is 2.09. The van der Waals surface area contributed by atoms with Gasteiger partial charge in [-0.2, -0.15) is 0 Å². The Morgan fingerprint density at radius 2 is 1.86 bits per heavy atom. The van der Waals surface area contributed by atoms with E-state index >= 15 is 0 Å². The predicted octanol–water partition coefficient (Wildman–Crippen LogP) is 3.40. The number of anilines is 1. The monoisotopic (exact) mass is 302 g/mol. The molecule has 0 saturated carbocycles. The molecular weight excluding hydrogens is 284 g/mol. The van der Waals surface area contributed by atoms with Gasteiger partial charge in [-0.15, -0.1) is 0 Å². The van der Waals surface area contributed by atoms with Crippen LogP contribution in [0.5, 0.6) is 5.75 Å². The zero-order valence-electron chi connectivity index (χ0n) is 12.0. The van der Waals surface area contributed by atoms with Gasteiger partial charge in [-0.25, -0.2) is 0 Å². The van der Waals surface area contributed by atoms with E-state index in [2.05, 4.69) is 10.6 Å². The van der Waals surface area contributed by atoms with Crippen molar-refractivity contribution in [2.45, 2.75) is 20.3 Å². The molecule has 0 unspecified atom stereocenters. The van der Waals surface area contributed by atoms with Crippen LogP contribution >= 0.6 is 12.2 Å². The number of amides is 1. The number of carbonyl (C=O) groups is 1. The lowest BCUT2D eigenvalue weighted by Gasteiger charge is -2.13. The highest BCUT2D eigenvalue weighted by atomic mass is 32.1. The van der Waals surface area contributed by atoms with Crippen molar-refractivity contribution in [3.05, 3.63) is 36.4 Å². The summed E-state index contributed by atoms with van der Waals surface area (Å²) in [5.74, 6) is 0.388. The molecule has 0 bridgehead atoms. The molecule has 0 aliphatic heterocycles. The molecule has 0 aliphatic carbocycles. The Morgan fingerprint density at radius 1 is 1.19 bits per heavy atom. The molecule has 0 atom stereocenters. The lowest BCUT2D eigenvalue weighted by atomic mass is 10.1. The van der Waals surface area contributed by atoms with Crippen molar-refractivity contribution < 1.29 is 9.90 Å². The minimum atomic E-state index is -0.106. The van der Waals surface area contributed by atoms with Crippen LogP contribution in [-0.2, 0) is 4.79 Å². The average Bonchev–Trinajstić information content (AvgIpc) is 2.38. The first-order valence-corrected chi connectivity index (χ1v) is 7.19. The van der Waals surface area contributed by atoms with Gasteiger partial charge in [-0.05, 0) is 30.3 Å². The maximum Gasteiger partial charge on any atom is 0.226 e. The third kappa shape index (κ3) is 3.92. The van der Waals surface area contributed by atoms with Crippen LogP contribution in [0, 0.1) is 5.92 Å². The molecule has 2 aromatic carbocycles. The summed E-state index contributed by atoms with van der Waals surface area (Å²) in [6, 6.07) is 10.8. The van der Waals surface area contributed by atoms with Gasteiger partial charge in [0.05, 0.1) is 0 Å². The molecule has 0 heterocycles. The first-order valence-electron chi connectivity index (χ1n) is 6.79. The SMILES string of the molecule is CC(C)CC(=O)NC(=S)Nc1cccc2c(O)cccc12. The van der Waals surface area contributed by atoms with Crippen molar-refractivity contribution in [2.24, 2.45) is 5.92 Å². The molecule has 110 valence electrons. The van der Waals surface area contributed by atoms with Crippen LogP contribution in [-0.4, -0.2) is 16.1 Å². The molecule has 0 saturated heterocycles. The fourth-order valence-electron chi connectivity index (χ4n) is 2.10. The minimum Gasteiger partial charge on any atom is -0.507 e. The third-order valence-corrected chi connectivity index (χ3v) is 3.20. The minimum absolute atomic E-state index is 0.106. The van der Waals surface area contributed by atoms with Crippen molar-refractivity contribution >= 4 is 39.7 Å². The molecule has 2 rings (SSSR count). The summed E-state index contributed by atoms with van der Waals surface area (Å²) >= 11 is 5.16. The predicted molar refractivity (Wildman–Crippen MR) is 89.4 cm³/mol. The molecule has 4 nitrogen and oxygen atoms in total. The summed E-state index contributed by atoms with van der Waals surface area (Å²) in [7, 11) is 0. The van der Waals surface area contributed by atoms with Gasteiger partial charge in [0.2, 0.25) is 5.91 Å². The van der Waals surface area contributed by atoms with E-state index in [1.54, 1.807) is 12.1 Å². The third-order valence-electron chi connectivity index (χ3n) is 2.99. The number of fused-ring (bicyclic) bond motifs is 1. The fourth-order valence-corrected chi connectivity index (χ4v) is 2.33. The highest BCUT2D eigenvalue weighted by Crippen LogP contribution is 2.29. The Kier molecular flexibility index (Phi) is 4.75. The van der Waals surface area contributed by atoms with Gasteiger partial charge in [0.25, 0.3) is 0 Å². The molecule has 3 N–H and O–H groups in total. The number of phenols is 1. The maximum atomic E-state index is 11.7. The Bertz CT molecular complexity index is 683. The Balaban J connectivity index is 2.15. The van der Waals surface area contributed by atoms with E-state index in [4.69, 9.17) is 12.2 Å². The molecular formula is C16H18N2O2S. The molecule has 5 heteroatoms. The second-order valence-corrected chi connectivity index (χ2v) is 5.69. The first kappa shape index (κ1) is 15.3. The Hall–Kier alpha value is -2.14. The Morgan fingerprint density at radius 3 is 2.57 bits per heavy atom. The molecule has 0 spiro atoms. The van der Waals surface area contributed by atoms with E-state index in [1.165, 1.54) is 0 Å². The van der Waals surface area contributed by atoms with Crippen LogP contribution in [0.2, 0.25) is 0 Å². The smallest absolute Gasteiger partial charge is 0.226 e. The van der Waals surface area contributed by atoms with Crippen LogP contribution in [0.1, 0.15) is 20.3 Å². The van der Waals surface area contributed by atoms with Crippen LogP contribution in [0.4, 0.5) is 5.69 Å². The lowest BCUT2D eigenvalue weighted by Crippen LogP contribution is -2.34. The molecule has 0 radical (unpaired) electrons. The molecule has 2 aromatic rings. The van der Waals surface area contributed by atoms with Gasteiger partial charge < -0.3 is 15.7 Å². The van der Waals surface area contributed by atoms with Gasteiger partial charge in [0.15, 0.2) is 5.11 Å². The molecule has 1 amide bonds. The van der Waals surface area contributed by atoms with Gasteiger partial charge in [0.1, 0.15) is 5.75 Å². The van der Waals surface area contributed by atoms with Crippen molar-refractivity contribution in [2.75, 3.05) is 5.32 Å². The quantitative estimate of drug-likeness (QED) is 0.760. The average molecular weight is 302 g/mol. The number of carbonyl (C=O) groups excluding carboxylic acids is 1. The number of nitrogens with one attached hydrogen (secondary N) is 2. The summed E-state index contributed by atoms with van der Waals surface area (Å²) in [5, 5.41) is 17.3. The van der Waals surface area contributed by atoms with Crippen LogP contribution in [0.3, 0.4) is 0 Å². The highest BCUT2D eigenvalue weighted by molar-refractivity contribution is 7.80. The zero-order chi connectivity index (χ0) is 15.4. The summed E-state index contributed by atoms with van der Waals surface area (Å²) < 4.78 is 0. The summed E-state index contributed by atoms with van der Waals surface area (Å²) in [4.78, 5) is 11.7. The first-order chi connectivity index (χ1) is 9.97. The number of thiocarbonyl (C=S) groups is 1. The summed E-state index contributed by atoms with van der Waals surface area (Å²) in [5.41, 5.74) is 0.748. The van der Waals surface area contributed by atoms with E-state index in [-0.39, 0.29) is 22.7 Å². The van der Waals surface area contributed by atoms with E-state index in [0.717, 1.165) is 16.5 Å². The maximum absolute atomic E-state index is 11.7. The zero-order valence-corrected chi connectivity index (χ0v) is 12.8. The van der Waals surface area contributed by atoms with Crippen molar-refractivity contribution in [3.63, 3.8) is 0 Å². The number of hydrogen-bond donors (Lipinski definition) is 3. The summed E-state index contributed by atoms with van der Waals surface area (Å²) in [6.07, 6.45) is 0.429. The summed E-state index contributed by atoms with van der Waals surface area (Å²) in [6.45, 7) is 3.95. The van der Waals surface area contributed by atoms with Gasteiger partial charge in [-0.3, -0.25) is 4.79 Å². The number of benzene rings is 2. The van der Waals surface area contributed by atoms with Crippen LogP contribution in [0.15, 0.2) is 36.4 Å². The molecule has 0 fully saturated rings. The topological polar surface area (TPSA) is 61.4 Å². The van der Waals surface area contributed by atoms with Gasteiger partial charge in [-0.1, -0.05) is 38.1 Å². The van der Waals surface area contributed by atoms with Crippen LogP contribution < -0.4 is 10.6 Å². The van der Waals surface area contributed by atoms with Gasteiger partial charge >= 0.3 is 0 Å².